The smallest absolute Gasteiger partial charge is 0.0488 e. The topological polar surface area (TPSA) is 25.8 Å². The lowest BCUT2D eigenvalue weighted by Crippen LogP contribution is -2.17. The molecular formula is C28H28N2. The summed E-state index contributed by atoms with van der Waals surface area (Å²) in [5, 5.41) is 0. The van der Waals surface area contributed by atoms with Gasteiger partial charge in [0.05, 0.1) is 0 Å². The van der Waals surface area contributed by atoms with Crippen LogP contribution in [-0.2, 0) is 12.8 Å². The molecule has 0 N–H and O–H groups in total. The monoisotopic (exact) mass is 392 g/mol. The van der Waals surface area contributed by atoms with Crippen LogP contribution >= 0.6 is 0 Å². The molecule has 0 bridgehead atoms. The number of hydrogen-bond acceptors (Lipinski definition) is 2. The van der Waals surface area contributed by atoms with Crippen LogP contribution in [0.25, 0.3) is 0 Å². The molecule has 0 saturated carbocycles. The molecule has 2 aromatic heterocycles. The van der Waals surface area contributed by atoms with Gasteiger partial charge in [0, 0.05) is 35.6 Å². The highest BCUT2D eigenvalue weighted by molar-refractivity contribution is 5.42. The molecule has 0 aliphatic heterocycles. The average molecular weight is 393 g/mol. The molecule has 0 radical (unpaired) electrons. The maximum atomic E-state index is 4.78. The van der Waals surface area contributed by atoms with Gasteiger partial charge in [-0.05, 0) is 59.4 Å². The van der Waals surface area contributed by atoms with Crippen LogP contribution in [0.5, 0.6) is 0 Å². The molecule has 150 valence electrons. The molecule has 2 aromatic carbocycles. The predicted molar refractivity (Wildman–Crippen MR) is 124 cm³/mol. The molecule has 0 aliphatic carbocycles. The van der Waals surface area contributed by atoms with Gasteiger partial charge in [-0.3, -0.25) is 9.97 Å². The van der Waals surface area contributed by atoms with Crippen molar-refractivity contribution in [1.29, 1.82) is 0 Å². The fraction of sp³-hybridized carbons (Fsp3) is 0.214. The molecule has 4 aromatic rings. The molecule has 4 rings (SSSR count). The number of aryl methyl sites for hydroxylation is 2. The van der Waals surface area contributed by atoms with E-state index in [1.165, 1.54) is 22.3 Å². The lowest BCUT2D eigenvalue weighted by atomic mass is 9.76. The van der Waals surface area contributed by atoms with Gasteiger partial charge in [0.2, 0.25) is 0 Å². The van der Waals surface area contributed by atoms with Crippen LogP contribution in [0.3, 0.4) is 0 Å². The van der Waals surface area contributed by atoms with Crippen molar-refractivity contribution in [3.05, 3.63) is 131 Å². The fourth-order valence-electron chi connectivity index (χ4n) is 4.11. The van der Waals surface area contributed by atoms with E-state index in [-0.39, 0.29) is 11.8 Å². The zero-order valence-corrected chi connectivity index (χ0v) is 17.7. The van der Waals surface area contributed by atoms with E-state index < -0.39 is 0 Å². The fourth-order valence-corrected chi connectivity index (χ4v) is 4.11. The third kappa shape index (κ3) is 4.33. The van der Waals surface area contributed by atoms with Gasteiger partial charge in [0.1, 0.15) is 0 Å². The van der Waals surface area contributed by atoms with Crippen LogP contribution in [0.2, 0.25) is 0 Å². The van der Waals surface area contributed by atoms with Gasteiger partial charge >= 0.3 is 0 Å². The number of rotatable bonds is 7. The summed E-state index contributed by atoms with van der Waals surface area (Å²) in [6.45, 7) is 4.38. The molecule has 2 heterocycles. The Morgan fingerprint density at radius 3 is 1.23 bits per heavy atom. The van der Waals surface area contributed by atoms with Gasteiger partial charge in [-0.25, -0.2) is 0 Å². The van der Waals surface area contributed by atoms with Crippen molar-refractivity contribution in [1.82, 2.24) is 9.97 Å². The minimum absolute atomic E-state index is 0.0829. The SMILES string of the molecule is CCc1ccc([C@H](c2ccccn2)[C@@H](c2ccc(CC)cc2)c2ccccn2)cc1. The Hall–Kier alpha value is -3.26. The largest absolute Gasteiger partial charge is 0.261 e. The van der Waals surface area contributed by atoms with Crippen LogP contribution in [0.15, 0.2) is 97.3 Å². The molecule has 2 heteroatoms. The molecule has 0 fully saturated rings. The van der Waals surface area contributed by atoms with Crippen molar-refractivity contribution in [2.75, 3.05) is 0 Å². The van der Waals surface area contributed by atoms with Crippen molar-refractivity contribution < 1.29 is 0 Å². The summed E-state index contributed by atoms with van der Waals surface area (Å²) >= 11 is 0. The van der Waals surface area contributed by atoms with E-state index in [4.69, 9.17) is 9.97 Å². The first-order valence-corrected chi connectivity index (χ1v) is 10.8. The normalized spacial score (nSPS) is 13.0. The highest BCUT2D eigenvalue weighted by atomic mass is 14.7. The van der Waals surface area contributed by atoms with Gasteiger partial charge in [-0.1, -0.05) is 74.5 Å². The molecule has 0 spiro atoms. The lowest BCUT2D eigenvalue weighted by Gasteiger charge is -2.28. The van der Waals surface area contributed by atoms with Crippen LogP contribution in [0, 0.1) is 0 Å². The van der Waals surface area contributed by atoms with Gasteiger partial charge in [0.15, 0.2) is 0 Å². The van der Waals surface area contributed by atoms with Crippen LogP contribution in [0.4, 0.5) is 0 Å². The Morgan fingerprint density at radius 2 is 0.933 bits per heavy atom. The number of benzene rings is 2. The average Bonchev–Trinajstić information content (AvgIpc) is 2.84. The molecular weight excluding hydrogens is 364 g/mol. The van der Waals surface area contributed by atoms with Crippen LogP contribution < -0.4 is 0 Å². The molecule has 0 aliphatic rings. The lowest BCUT2D eigenvalue weighted by molar-refractivity contribution is 0.657. The first kappa shape index (κ1) is 20.0. The summed E-state index contributed by atoms with van der Waals surface area (Å²) in [5.74, 6) is 0.166. The van der Waals surface area contributed by atoms with Crippen molar-refractivity contribution in [2.45, 2.75) is 38.5 Å². The minimum Gasteiger partial charge on any atom is -0.261 e. The number of pyridine rings is 2. The quantitative estimate of drug-likeness (QED) is 0.356. The van der Waals surface area contributed by atoms with E-state index in [1.54, 1.807) is 0 Å². The predicted octanol–water partition coefficient (Wildman–Crippen LogP) is 6.57. The van der Waals surface area contributed by atoms with Gasteiger partial charge < -0.3 is 0 Å². The molecule has 2 nitrogen and oxygen atoms in total. The van der Waals surface area contributed by atoms with Crippen molar-refractivity contribution in [3.63, 3.8) is 0 Å². The summed E-state index contributed by atoms with van der Waals surface area (Å²) < 4.78 is 0. The Kier molecular flexibility index (Phi) is 6.34. The molecule has 0 amide bonds. The molecule has 2 atom stereocenters. The summed E-state index contributed by atoms with van der Waals surface area (Å²) in [4.78, 5) is 9.55. The zero-order valence-electron chi connectivity index (χ0n) is 17.7. The highest BCUT2D eigenvalue weighted by Gasteiger charge is 2.30. The Morgan fingerprint density at radius 1 is 0.533 bits per heavy atom. The van der Waals surface area contributed by atoms with Gasteiger partial charge in [-0.15, -0.1) is 0 Å². The zero-order chi connectivity index (χ0) is 20.8. The first-order valence-electron chi connectivity index (χ1n) is 10.8. The Labute approximate surface area is 179 Å². The second-order valence-corrected chi connectivity index (χ2v) is 7.65. The van der Waals surface area contributed by atoms with Crippen molar-refractivity contribution >= 4 is 0 Å². The number of aromatic nitrogens is 2. The summed E-state index contributed by atoms with van der Waals surface area (Å²) in [7, 11) is 0. The van der Waals surface area contributed by atoms with E-state index >= 15 is 0 Å². The van der Waals surface area contributed by atoms with Gasteiger partial charge in [0.25, 0.3) is 0 Å². The maximum Gasteiger partial charge on any atom is 0.0488 e. The van der Waals surface area contributed by atoms with E-state index in [2.05, 4.69) is 86.6 Å². The molecule has 30 heavy (non-hydrogen) atoms. The van der Waals surface area contributed by atoms with Crippen LogP contribution in [-0.4, -0.2) is 9.97 Å². The van der Waals surface area contributed by atoms with Crippen LogP contribution in [0.1, 0.15) is 59.3 Å². The maximum absolute atomic E-state index is 4.78. The molecule has 0 saturated heterocycles. The van der Waals surface area contributed by atoms with Crippen molar-refractivity contribution in [3.8, 4) is 0 Å². The van der Waals surface area contributed by atoms with Crippen molar-refractivity contribution in [2.24, 2.45) is 0 Å². The summed E-state index contributed by atoms with van der Waals surface area (Å²) in [6.07, 6.45) is 5.85. The third-order valence-electron chi connectivity index (χ3n) is 5.84. The standard InChI is InChI=1S/C28H28N2/c1-3-21-11-15-23(16-12-21)27(25-9-5-7-19-29-25)28(26-10-6-8-20-30-26)24-17-13-22(4-2)14-18-24/h5-20,27-28H,3-4H2,1-2H3/t27-,28+. The van der Waals surface area contributed by atoms with Gasteiger partial charge in [-0.2, -0.15) is 0 Å². The second-order valence-electron chi connectivity index (χ2n) is 7.65. The Bertz CT molecular complexity index is 950. The first-order chi connectivity index (χ1) is 14.8. The van der Waals surface area contributed by atoms with E-state index in [0.717, 1.165) is 24.2 Å². The summed E-state index contributed by atoms with van der Waals surface area (Å²) in [6, 6.07) is 30.4. The van der Waals surface area contributed by atoms with E-state index in [9.17, 15) is 0 Å². The van der Waals surface area contributed by atoms with E-state index in [0.29, 0.717) is 0 Å². The second kappa shape index (κ2) is 9.49. The summed E-state index contributed by atoms with van der Waals surface area (Å²) in [5.41, 5.74) is 7.36. The Balaban J connectivity index is 1.89. The minimum atomic E-state index is 0.0829. The molecule has 0 unspecified atom stereocenters. The number of nitrogens with zero attached hydrogens (tertiary/aromatic N) is 2. The number of hydrogen-bond donors (Lipinski definition) is 0. The third-order valence-corrected chi connectivity index (χ3v) is 5.84. The highest BCUT2D eigenvalue weighted by Crippen LogP contribution is 2.41. The van der Waals surface area contributed by atoms with E-state index in [1.807, 2.05) is 24.5 Å².